The lowest BCUT2D eigenvalue weighted by Gasteiger charge is -2.50. The van der Waals surface area contributed by atoms with E-state index >= 15 is 0 Å². The summed E-state index contributed by atoms with van der Waals surface area (Å²) < 4.78 is 17.9. The summed E-state index contributed by atoms with van der Waals surface area (Å²) in [5, 5.41) is 3.08. The van der Waals surface area contributed by atoms with Gasteiger partial charge in [-0.05, 0) is 43.3 Å². The number of carbonyl (C=O) groups excluding carboxylic acids is 1. The number of fused-ring (bicyclic) bond motifs is 4. The van der Waals surface area contributed by atoms with E-state index < -0.39 is 5.72 Å². The highest BCUT2D eigenvalue weighted by molar-refractivity contribution is 9.10. The second kappa shape index (κ2) is 6.09. The van der Waals surface area contributed by atoms with Crippen molar-refractivity contribution in [3.8, 4) is 17.2 Å². The molecule has 2 aromatic carbocycles. The Hall–Kier alpha value is -2.41. The lowest BCUT2D eigenvalue weighted by Crippen LogP contribution is -2.65. The van der Waals surface area contributed by atoms with Crippen LogP contribution in [-0.4, -0.2) is 26.0 Å². The van der Waals surface area contributed by atoms with E-state index in [1.54, 1.807) is 19.1 Å². The molecule has 0 saturated carbocycles. The number of hydrogen-bond acceptors (Lipinski definition) is 4. The first-order valence-electron chi connectivity index (χ1n) is 8.26. The van der Waals surface area contributed by atoms with E-state index in [9.17, 15) is 4.79 Å². The zero-order chi connectivity index (χ0) is 18.5. The number of benzene rings is 2. The van der Waals surface area contributed by atoms with Gasteiger partial charge in [-0.2, -0.15) is 0 Å². The molecule has 6 nitrogen and oxygen atoms in total. The van der Waals surface area contributed by atoms with Crippen molar-refractivity contribution in [2.45, 2.75) is 25.1 Å². The van der Waals surface area contributed by atoms with E-state index in [0.717, 1.165) is 21.5 Å². The van der Waals surface area contributed by atoms with Crippen LogP contribution in [0.4, 0.5) is 10.5 Å². The highest BCUT2D eigenvalue weighted by Gasteiger charge is 2.50. The summed E-state index contributed by atoms with van der Waals surface area (Å²) in [7, 11) is 3.22. The summed E-state index contributed by atoms with van der Waals surface area (Å²) in [5.41, 5.74) is 0.829. The Balaban J connectivity index is 1.79. The van der Waals surface area contributed by atoms with Crippen molar-refractivity contribution in [2.24, 2.45) is 0 Å². The van der Waals surface area contributed by atoms with Gasteiger partial charge in [-0.25, -0.2) is 4.79 Å². The topological polar surface area (TPSA) is 60.0 Å². The second-order valence-electron chi connectivity index (χ2n) is 6.54. The van der Waals surface area contributed by atoms with Crippen LogP contribution in [-0.2, 0) is 0 Å². The van der Waals surface area contributed by atoms with Crippen LogP contribution in [0.2, 0.25) is 0 Å². The van der Waals surface area contributed by atoms with E-state index in [2.05, 4.69) is 21.2 Å². The molecule has 7 heteroatoms. The molecular formula is C19H19BrN2O4. The van der Waals surface area contributed by atoms with E-state index in [4.69, 9.17) is 14.2 Å². The maximum Gasteiger partial charge on any atom is 0.325 e. The normalized spacial score (nSPS) is 23.6. The Bertz CT molecular complexity index is 871. The van der Waals surface area contributed by atoms with Crippen LogP contribution >= 0.6 is 15.9 Å². The smallest absolute Gasteiger partial charge is 0.325 e. The number of urea groups is 1. The number of hydrogen-bond donors (Lipinski definition) is 1. The number of amides is 2. The minimum Gasteiger partial charge on any atom is -0.497 e. The van der Waals surface area contributed by atoms with Gasteiger partial charge in [0.1, 0.15) is 5.75 Å². The molecule has 26 heavy (non-hydrogen) atoms. The van der Waals surface area contributed by atoms with Gasteiger partial charge in [0.15, 0.2) is 17.2 Å². The summed E-state index contributed by atoms with van der Waals surface area (Å²) in [6.07, 6.45) is 0.622. The number of nitrogens with zero attached hydrogens (tertiary/aromatic N) is 1. The number of methoxy groups -OCH3 is 2. The van der Waals surface area contributed by atoms with Crippen LogP contribution in [0.25, 0.3) is 0 Å². The summed E-state index contributed by atoms with van der Waals surface area (Å²) >= 11 is 3.49. The van der Waals surface area contributed by atoms with Crippen LogP contribution in [0.15, 0.2) is 40.9 Å². The van der Waals surface area contributed by atoms with Crippen molar-refractivity contribution in [2.75, 3.05) is 19.1 Å². The molecule has 2 aromatic rings. The quantitative estimate of drug-likeness (QED) is 0.809. The maximum absolute atomic E-state index is 12.9. The first kappa shape index (κ1) is 17.0. The van der Waals surface area contributed by atoms with E-state index in [0.29, 0.717) is 17.9 Å². The molecular weight excluding hydrogens is 400 g/mol. The summed E-state index contributed by atoms with van der Waals surface area (Å²) in [4.78, 5) is 14.5. The summed E-state index contributed by atoms with van der Waals surface area (Å²) in [5.74, 6) is 2.03. The van der Waals surface area contributed by atoms with Crippen LogP contribution in [0.5, 0.6) is 17.2 Å². The molecule has 0 aromatic heterocycles. The summed E-state index contributed by atoms with van der Waals surface area (Å²) in [6.45, 7) is 1.92. The van der Waals surface area contributed by atoms with Gasteiger partial charge in [-0.3, -0.25) is 4.90 Å². The Labute approximate surface area is 160 Å². The van der Waals surface area contributed by atoms with E-state index in [1.807, 2.05) is 43.3 Å². The number of ether oxygens (including phenoxy) is 3. The molecule has 2 bridgehead atoms. The molecule has 0 aliphatic carbocycles. The fraction of sp³-hybridized carbons (Fsp3) is 0.316. The molecule has 2 aliphatic heterocycles. The SMILES string of the molecule is COc1ccc(N2C(=O)N[C@H]3C[C@]2(C)Oc2c(OC)cc(Br)cc23)cc1. The molecule has 1 fully saturated rings. The molecule has 1 N–H and O–H groups in total. The van der Waals surface area contributed by atoms with Crippen LogP contribution in [0, 0.1) is 0 Å². The lowest BCUT2D eigenvalue weighted by molar-refractivity contribution is 0.0349. The molecule has 2 aliphatic rings. The molecule has 0 unspecified atom stereocenters. The predicted octanol–water partition coefficient (Wildman–Crippen LogP) is 4.24. The standard InChI is InChI=1S/C19H19BrN2O4/c1-19-10-15(14-8-11(20)9-16(25-3)17(14)26-19)21-18(23)22(19)12-4-6-13(24-2)7-5-12/h4-9,15H,10H2,1-3H3,(H,21,23)/t15-,19-/m0/s1. The third kappa shape index (κ3) is 2.58. The average Bonchev–Trinajstić information content (AvgIpc) is 2.62. The summed E-state index contributed by atoms with van der Waals surface area (Å²) in [6, 6.07) is 10.8. The second-order valence-corrected chi connectivity index (χ2v) is 7.46. The minimum atomic E-state index is -0.824. The molecule has 0 radical (unpaired) electrons. The van der Waals surface area contributed by atoms with Gasteiger partial charge >= 0.3 is 6.03 Å². The molecule has 0 spiro atoms. The Morgan fingerprint density at radius 3 is 2.62 bits per heavy atom. The third-order valence-corrected chi connectivity index (χ3v) is 5.31. The first-order valence-corrected chi connectivity index (χ1v) is 9.06. The van der Waals surface area contributed by atoms with Gasteiger partial charge in [0, 0.05) is 22.1 Å². The average molecular weight is 419 g/mol. The van der Waals surface area contributed by atoms with E-state index in [-0.39, 0.29) is 12.1 Å². The van der Waals surface area contributed by atoms with Crippen molar-refractivity contribution in [1.29, 1.82) is 0 Å². The van der Waals surface area contributed by atoms with Gasteiger partial charge in [-0.15, -0.1) is 0 Å². The monoisotopic (exact) mass is 418 g/mol. The zero-order valence-corrected chi connectivity index (χ0v) is 16.3. The van der Waals surface area contributed by atoms with Crippen molar-refractivity contribution in [1.82, 2.24) is 5.32 Å². The fourth-order valence-corrected chi connectivity index (χ4v) is 4.13. The van der Waals surface area contributed by atoms with Gasteiger partial charge in [-0.1, -0.05) is 15.9 Å². The van der Waals surface area contributed by atoms with Gasteiger partial charge in [0.25, 0.3) is 0 Å². The fourth-order valence-electron chi connectivity index (χ4n) is 3.67. The first-order chi connectivity index (χ1) is 12.4. The Morgan fingerprint density at radius 2 is 1.96 bits per heavy atom. The Morgan fingerprint density at radius 1 is 1.23 bits per heavy atom. The zero-order valence-electron chi connectivity index (χ0n) is 14.7. The van der Waals surface area contributed by atoms with Crippen LogP contribution in [0.3, 0.4) is 0 Å². The Kier molecular flexibility index (Phi) is 3.99. The van der Waals surface area contributed by atoms with Gasteiger partial charge in [0.05, 0.1) is 20.3 Å². The van der Waals surface area contributed by atoms with Crippen molar-refractivity contribution >= 4 is 27.6 Å². The molecule has 1 saturated heterocycles. The largest absolute Gasteiger partial charge is 0.497 e. The van der Waals surface area contributed by atoms with Crippen LogP contribution < -0.4 is 24.4 Å². The maximum atomic E-state index is 12.9. The molecule has 136 valence electrons. The van der Waals surface area contributed by atoms with Crippen molar-refractivity contribution in [3.63, 3.8) is 0 Å². The third-order valence-electron chi connectivity index (χ3n) is 4.85. The van der Waals surface area contributed by atoms with Gasteiger partial charge < -0.3 is 19.5 Å². The van der Waals surface area contributed by atoms with Crippen LogP contribution in [0.1, 0.15) is 24.9 Å². The lowest BCUT2D eigenvalue weighted by atomic mass is 9.90. The predicted molar refractivity (Wildman–Crippen MR) is 101 cm³/mol. The molecule has 2 heterocycles. The van der Waals surface area contributed by atoms with Crippen molar-refractivity contribution in [3.05, 3.63) is 46.4 Å². The number of carbonyl (C=O) groups is 1. The highest BCUT2D eigenvalue weighted by Crippen LogP contribution is 2.50. The molecule has 2 atom stereocenters. The highest BCUT2D eigenvalue weighted by atomic mass is 79.9. The number of nitrogens with one attached hydrogen (secondary N) is 1. The number of rotatable bonds is 3. The molecule has 2 amide bonds. The number of anilines is 1. The van der Waals surface area contributed by atoms with Gasteiger partial charge in [0.2, 0.25) is 0 Å². The van der Waals surface area contributed by atoms with E-state index in [1.165, 1.54) is 0 Å². The number of halogens is 1. The molecule has 4 rings (SSSR count). The van der Waals surface area contributed by atoms with Crippen molar-refractivity contribution < 1.29 is 19.0 Å². The minimum absolute atomic E-state index is 0.142.